The molecule has 1 aliphatic heterocycles. The van der Waals surface area contributed by atoms with Crippen LogP contribution in [0.4, 0.5) is 0 Å². The maximum Gasteiger partial charge on any atom is 0.373 e. The van der Waals surface area contributed by atoms with Crippen molar-refractivity contribution in [3.05, 3.63) is 23.9 Å². The number of carboxylic acids is 2. The number of rotatable bonds is 2. The summed E-state index contributed by atoms with van der Waals surface area (Å²) in [5, 5.41) is 19.1. The highest BCUT2D eigenvalue weighted by atomic mass is 16.5. The Bertz CT molecular complexity index is 262. The van der Waals surface area contributed by atoms with Crippen LogP contribution in [-0.2, 0) is 14.3 Å². The number of nitrogens with one attached hydrogen (secondary N) is 1. The van der Waals surface area contributed by atoms with E-state index in [2.05, 4.69) is 10.1 Å². The maximum absolute atomic E-state index is 10.3. The molecule has 0 atom stereocenters. The molecular formula is C6H5NO5. The van der Waals surface area contributed by atoms with Gasteiger partial charge >= 0.3 is 11.9 Å². The highest BCUT2D eigenvalue weighted by Gasteiger charge is 2.19. The minimum Gasteiger partial charge on any atom is -0.475 e. The lowest BCUT2D eigenvalue weighted by molar-refractivity contribution is -0.139. The molecule has 0 saturated carbocycles. The number of carboxylic acid groups (broad SMARTS) is 2. The van der Waals surface area contributed by atoms with Gasteiger partial charge in [0.1, 0.15) is 0 Å². The third kappa shape index (κ3) is 1.54. The zero-order valence-electron chi connectivity index (χ0n) is 5.77. The predicted octanol–water partition coefficient (Wildman–Crippen LogP) is -0.542. The Kier molecular flexibility index (Phi) is 2.00. The molecule has 0 spiro atoms. The van der Waals surface area contributed by atoms with Crippen molar-refractivity contribution in [2.45, 2.75) is 0 Å². The number of ether oxygens (including phenoxy) is 1. The fourth-order valence-electron chi connectivity index (χ4n) is 0.581. The van der Waals surface area contributed by atoms with Gasteiger partial charge in [-0.2, -0.15) is 0 Å². The minimum atomic E-state index is -1.32. The molecule has 3 N–H and O–H groups in total. The highest BCUT2D eigenvalue weighted by molar-refractivity contribution is 5.89. The predicted molar refractivity (Wildman–Crippen MR) is 35.7 cm³/mol. The van der Waals surface area contributed by atoms with Crippen LogP contribution in [0.3, 0.4) is 0 Å². The summed E-state index contributed by atoms with van der Waals surface area (Å²) >= 11 is 0. The van der Waals surface area contributed by atoms with E-state index in [-0.39, 0.29) is 0 Å². The molecule has 12 heavy (non-hydrogen) atoms. The summed E-state index contributed by atoms with van der Waals surface area (Å²) in [6.45, 7) is 0. The number of carbonyl (C=O) groups is 2. The minimum absolute atomic E-state index is 0.449. The first-order valence-corrected chi connectivity index (χ1v) is 2.92. The lowest BCUT2D eigenvalue weighted by Crippen LogP contribution is -2.18. The van der Waals surface area contributed by atoms with Crippen LogP contribution in [-0.4, -0.2) is 22.2 Å². The molecule has 0 unspecified atom stereocenters. The van der Waals surface area contributed by atoms with Gasteiger partial charge in [0, 0.05) is 0 Å². The Labute approximate surface area is 66.8 Å². The van der Waals surface area contributed by atoms with Crippen molar-refractivity contribution < 1.29 is 24.5 Å². The second-order valence-corrected chi connectivity index (χ2v) is 1.90. The van der Waals surface area contributed by atoms with Crippen molar-refractivity contribution in [3.63, 3.8) is 0 Å². The monoisotopic (exact) mass is 171 g/mol. The normalized spacial score (nSPS) is 15.0. The van der Waals surface area contributed by atoms with Crippen LogP contribution in [0.2, 0.25) is 0 Å². The van der Waals surface area contributed by atoms with E-state index in [4.69, 9.17) is 10.2 Å². The lowest BCUT2D eigenvalue weighted by Gasteiger charge is -2.10. The first-order chi connectivity index (χ1) is 5.61. The Hall–Kier alpha value is -1.98. The molecular weight excluding hydrogens is 166 g/mol. The fraction of sp³-hybridized carbons (Fsp3) is 0. The van der Waals surface area contributed by atoms with Crippen LogP contribution in [0, 0.1) is 0 Å². The standard InChI is InChI=1S/C6H5NO5/c8-5(9)3-1-7-2-4(12-3)6(10)11/h1-2,7H,(H,8,9)(H,10,11). The second kappa shape index (κ2) is 2.95. The maximum atomic E-state index is 10.3. The number of hydrogen-bond acceptors (Lipinski definition) is 4. The molecule has 0 radical (unpaired) electrons. The summed E-state index contributed by atoms with van der Waals surface area (Å²) in [4.78, 5) is 20.5. The summed E-state index contributed by atoms with van der Waals surface area (Å²) in [5.74, 6) is -3.55. The van der Waals surface area contributed by atoms with Crippen LogP contribution in [0.15, 0.2) is 23.9 Å². The quantitative estimate of drug-likeness (QED) is 0.516. The van der Waals surface area contributed by atoms with Gasteiger partial charge in [-0.15, -0.1) is 0 Å². The van der Waals surface area contributed by atoms with Gasteiger partial charge in [0.05, 0.1) is 12.4 Å². The largest absolute Gasteiger partial charge is 0.475 e. The van der Waals surface area contributed by atoms with Crippen LogP contribution < -0.4 is 5.32 Å². The summed E-state index contributed by atoms with van der Waals surface area (Å²) in [6.07, 6.45) is 2.10. The number of hydrogen-bond donors (Lipinski definition) is 3. The van der Waals surface area contributed by atoms with Crippen molar-refractivity contribution in [3.8, 4) is 0 Å². The van der Waals surface area contributed by atoms with Crippen LogP contribution in [0.25, 0.3) is 0 Å². The van der Waals surface area contributed by atoms with E-state index in [1.54, 1.807) is 0 Å². The van der Waals surface area contributed by atoms with Crippen molar-refractivity contribution in [2.24, 2.45) is 0 Å². The van der Waals surface area contributed by atoms with Crippen molar-refractivity contribution in [1.82, 2.24) is 5.32 Å². The molecule has 6 nitrogen and oxygen atoms in total. The molecule has 0 aromatic carbocycles. The van der Waals surface area contributed by atoms with Gasteiger partial charge in [-0.3, -0.25) is 0 Å². The van der Waals surface area contributed by atoms with Gasteiger partial charge in [0.15, 0.2) is 0 Å². The van der Waals surface area contributed by atoms with E-state index >= 15 is 0 Å². The van der Waals surface area contributed by atoms with E-state index < -0.39 is 23.5 Å². The van der Waals surface area contributed by atoms with E-state index in [1.165, 1.54) is 0 Å². The Morgan fingerprint density at radius 1 is 1.17 bits per heavy atom. The molecule has 0 fully saturated rings. The summed E-state index contributed by atoms with van der Waals surface area (Å²) in [6, 6.07) is 0. The molecule has 1 aliphatic rings. The van der Waals surface area contributed by atoms with E-state index in [9.17, 15) is 9.59 Å². The van der Waals surface area contributed by atoms with Gasteiger partial charge in [0.2, 0.25) is 11.5 Å². The Balaban J connectivity index is 2.73. The van der Waals surface area contributed by atoms with Crippen molar-refractivity contribution in [1.29, 1.82) is 0 Å². The van der Waals surface area contributed by atoms with Gasteiger partial charge in [0.25, 0.3) is 0 Å². The molecule has 0 aliphatic carbocycles. The lowest BCUT2D eigenvalue weighted by atomic mass is 10.4. The SMILES string of the molecule is O=C(O)C1=CNC=C(C(=O)O)O1. The van der Waals surface area contributed by atoms with Crippen molar-refractivity contribution in [2.75, 3.05) is 0 Å². The van der Waals surface area contributed by atoms with Gasteiger partial charge in [-0.25, -0.2) is 9.59 Å². The highest BCUT2D eigenvalue weighted by Crippen LogP contribution is 2.09. The van der Waals surface area contributed by atoms with E-state index in [0.29, 0.717) is 0 Å². The third-order valence-corrected chi connectivity index (χ3v) is 1.07. The zero-order valence-corrected chi connectivity index (χ0v) is 5.77. The van der Waals surface area contributed by atoms with E-state index in [0.717, 1.165) is 12.4 Å². The molecule has 0 aromatic rings. The third-order valence-electron chi connectivity index (χ3n) is 1.07. The van der Waals surface area contributed by atoms with Crippen LogP contribution >= 0.6 is 0 Å². The molecule has 64 valence electrons. The summed E-state index contributed by atoms with van der Waals surface area (Å²) in [7, 11) is 0. The molecule has 0 saturated heterocycles. The van der Waals surface area contributed by atoms with Crippen LogP contribution in [0.5, 0.6) is 0 Å². The fourth-order valence-corrected chi connectivity index (χ4v) is 0.581. The summed E-state index contributed by atoms with van der Waals surface area (Å²) < 4.78 is 4.47. The Morgan fingerprint density at radius 3 is 1.92 bits per heavy atom. The van der Waals surface area contributed by atoms with E-state index in [1.807, 2.05) is 0 Å². The molecule has 0 amide bonds. The average Bonchev–Trinajstić information content (AvgIpc) is 2.04. The first kappa shape index (κ1) is 8.12. The second-order valence-electron chi connectivity index (χ2n) is 1.90. The molecule has 1 heterocycles. The zero-order chi connectivity index (χ0) is 9.14. The molecule has 6 heteroatoms. The van der Waals surface area contributed by atoms with Crippen LogP contribution in [0.1, 0.15) is 0 Å². The summed E-state index contributed by atoms with van der Waals surface area (Å²) in [5.41, 5.74) is 0. The molecule has 0 aromatic heterocycles. The topological polar surface area (TPSA) is 95.9 Å². The first-order valence-electron chi connectivity index (χ1n) is 2.92. The molecule has 1 rings (SSSR count). The van der Waals surface area contributed by atoms with Gasteiger partial charge < -0.3 is 20.3 Å². The average molecular weight is 171 g/mol. The molecule has 0 bridgehead atoms. The number of aliphatic carboxylic acids is 2. The smallest absolute Gasteiger partial charge is 0.373 e. The van der Waals surface area contributed by atoms with Gasteiger partial charge in [-0.1, -0.05) is 0 Å². The van der Waals surface area contributed by atoms with Crippen molar-refractivity contribution >= 4 is 11.9 Å². The van der Waals surface area contributed by atoms with Gasteiger partial charge in [-0.05, 0) is 0 Å². The Morgan fingerprint density at radius 2 is 1.58 bits per heavy atom.